The number of aromatic nitrogens is 1. The second-order valence-corrected chi connectivity index (χ2v) is 5.86. The lowest BCUT2D eigenvalue weighted by molar-refractivity contribution is 0.0954. The van der Waals surface area contributed by atoms with Gasteiger partial charge in [0.1, 0.15) is 11.5 Å². The maximum absolute atomic E-state index is 13.7. The molecule has 2 aromatic carbocycles. The molecule has 136 valence electrons. The molecule has 5 nitrogen and oxygen atoms in total. The van der Waals surface area contributed by atoms with Crippen LogP contribution in [0.2, 0.25) is 0 Å². The normalized spacial score (nSPS) is 10.3. The van der Waals surface area contributed by atoms with Gasteiger partial charge in [0.2, 0.25) is 0 Å². The summed E-state index contributed by atoms with van der Waals surface area (Å²) in [6, 6.07) is 18.6. The standard InChI is InChI=1S/C21H18FN3O2/c22-17-8-4-5-9-18(17)25-21(27)19-14-16(11-13-23-19)20(26)24-12-10-15-6-2-1-3-7-15/h1-9,11,13-14H,10,12H2,(H,24,26)(H,25,27). The van der Waals surface area contributed by atoms with E-state index in [0.29, 0.717) is 18.5 Å². The molecule has 0 aliphatic heterocycles. The number of anilines is 1. The van der Waals surface area contributed by atoms with Crippen molar-refractivity contribution in [1.29, 1.82) is 0 Å². The van der Waals surface area contributed by atoms with Gasteiger partial charge in [-0.1, -0.05) is 42.5 Å². The third-order valence-corrected chi connectivity index (χ3v) is 3.92. The van der Waals surface area contributed by atoms with E-state index in [1.165, 1.54) is 36.5 Å². The Morgan fingerprint density at radius 1 is 0.926 bits per heavy atom. The minimum atomic E-state index is -0.584. The van der Waals surface area contributed by atoms with Crippen molar-refractivity contribution in [2.45, 2.75) is 6.42 Å². The number of rotatable bonds is 6. The molecule has 0 saturated heterocycles. The molecule has 1 aromatic heterocycles. The molecule has 6 heteroatoms. The van der Waals surface area contributed by atoms with E-state index in [-0.39, 0.29) is 17.3 Å². The summed E-state index contributed by atoms with van der Waals surface area (Å²) >= 11 is 0. The molecule has 0 fully saturated rings. The molecule has 0 aliphatic rings. The van der Waals surface area contributed by atoms with Crippen molar-refractivity contribution < 1.29 is 14.0 Å². The first-order valence-electron chi connectivity index (χ1n) is 8.47. The molecule has 2 amide bonds. The van der Waals surface area contributed by atoms with Gasteiger partial charge < -0.3 is 10.6 Å². The molecule has 0 unspecified atom stereocenters. The molecule has 27 heavy (non-hydrogen) atoms. The highest BCUT2D eigenvalue weighted by Crippen LogP contribution is 2.14. The Hall–Kier alpha value is -3.54. The number of hydrogen-bond acceptors (Lipinski definition) is 3. The number of halogens is 1. The zero-order chi connectivity index (χ0) is 19.1. The molecule has 0 aliphatic carbocycles. The summed E-state index contributed by atoms with van der Waals surface area (Å²) in [7, 11) is 0. The van der Waals surface area contributed by atoms with Crippen molar-refractivity contribution in [2.24, 2.45) is 0 Å². The number of para-hydroxylation sites is 1. The molecular formula is C21H18FN3O2. The third kappa shape index (κ3) is 4.98. The van der Waals surface area contributed by atoms with Crippen molar-refractivity contribution in [3.8, 4) is 0 Å². The largest absolute Gasteiger partial charge is 0.352 e. The zero-order valence-corrected chi connectivity index (χ0v) is 14.5. The maximum Gasteiger partial charge on any atom is 0.274 e. The summed E-state index contributed by atoms with van der Waals surface area (Å²) in [5.41, 5.74) is 1.53. The Labute approximate surface area is 156 Å². The number of hydrogen-bond donors (Lipinski definition) is 2. The van der Waals surface area contributed by atoms with Gasteiger partial charge >= 0.3 is 0 Å². The number of benzene rings is 2. The maximum atomic E-state index is 13.7. The fourth-order valence-electron chi connectivity index (χ4n) is 2.51. The first-order chi connectivity index (χ1) is 13.1. The average Bonchev–Trinajstić information content (AvgIpc) is 2.70. The van der Waals surface area contributed by atoms with E-state index in [4.69, 9.17) is 0 Å². The molecule has 3 aromatic rings. The van der Waals surface area contributed by atoms with Crippen LogP contribution in [0.1, 0.15) is 26.4 Å². The summed E-state index contributed by atoms with van der Waals surface area (Å²) in [6.45, 7) is 0.474. The van der Waals surface area contributed by atoms with Crippen molar-refractivity contribution in [2.75, 3.05) is 11.9 Å². The van der Waals surface area contributed by atoms with Crippen molar-refractivity contribution in [3.63, 3.8) is 0 Å². The third-order valence-electron chi connectivity index (χ3n) is 3.92. The van der Waals surface area contributed by atoms with Crippen LogP contribution in [0.5, 0.6) is 0 Å². The predicted octanol–water partition coefficient (Wildman–Crippen LogP) is 3.45. The van der Waals surface area contributed by atoms with Crippen LogP contribution in [0.15, 0.2) is 72.9 Å². The molecule has 2 N–H and O–H groups in total. The Balaban J connectivity index is 1.61. The van der Waals surface area contributed by atoms with Gasteiger partial charge in [-0.3, -0.25) is 14.6 Å². The lowest BCUT2D eigenvalue weighted by atomic mass is 10.1. The molecule has 0 radical (unpaired) electrons. The second kappa shape index (κ2) is 8.71. The quantitative estimate of drug-likeness (QED) is 0.705. The summed E-state index contributed by atoms with van der Waals surface area (Å²) in [4.78, 5) is 28.5. The van der Waals surface area contributed by atoms with Gasteiger partial charge in [-0.15, -0.1) is 0 Å². The fraction of sp³-hybridized carbons (Fsp3) is 0.0952. The van der Waals surface area contributed by atoms with Crippen molar-refractivity contribution in [3.05, 3.63) is 95.6 Å². The smallest absolute Gasteiger partial charge is 0.274 e. The number of nitrogens with zero attached hydrogens (tertiary/aromatic N) is 1. The Bertz CT molecular complexity index is 945. The average molecular weight is 363 g/mol. The van der Waals surface area contributed by atoms with E-state index in [2.05, 4.69) is 15.6 Å². The summed E-state index contributed by atoms with van der Waals surface area (Å²) in [5.74, 6) is -1.42. The highest BCUT2D eigenvalue weighted by molar-refractivity contribution is 6.04. The van der Waals surface area contributed by atoms with Crippen molar-refractivity contribution in [1.82, 2.24) is 10.3 Å². The van der Waals surface area contributed by atoms with Crippen LogP contribution in [0.4, 0.5) is 10.1 Å². The Morgan fingerprint density at radius 2 is 1.67 bits per heavy atom. The van der Waals surface area contributed by atoms with Gasteiger partial charge in [0.05, 0.1) is 5.69 Å². The van der Waals surface area contributed by atoms with Crippen LogP contribution in [-0.4, -0.2) is 23.3 Å². The fourth-order valence-corrected chi connectivity index (χ4v) is 2.51. The molecule has 0 bridgehead atoms. The summed E-state index contributed by atoms with van der Waals surface area (Å²) in [5, 5.41) is 5.26. The van der Waals surface area contributed by atoms with Crippen LogP contribution < -0.4 is 10.6 Å². The summed E-state index contributed by atoms with van der Waals surface area (Å²) in [6.07, 6.45) is 2.08. The Morgan fingerprint density at radius 3 is 2.44 bits per heavy atom. The van der Waals surface area contributed by atoms with E-state index < -0.39 is 11.7 Å². The molecule has 3 rings (SSSR count). The highest BCUT2D eigenvalue weighted by atomic mass is 19.1. The van der Waals surface area contributed by atoms with Gasteiger partial charge in [0.25, 0.3) is 11.8 Å². The van der Waals surface area contributed by atoms with E-state index in [1.54, 1.807) is 6.07 Å². The number of pyridine rings is 1. The molecule has 0 saturated carbocycles. The molecule has 0 atom stereocenters. The van der Waals surface area contributed by atoms with E-state index in [9.17, 15) is 14.0 Å². The van der Waals surface area contributed by atoms with Crippen LogP contribution in [0.25, 0.3) is 0 Å². The minimum absolute atomic E-state index is 0.0361. The van der Waals surface area contributed by atoms with Gasteiger partial charge in [0.15, 0.2) is 0 Å². The molecule has 0 spiro atoms. The van der Waals surface area contributed by atoms with Crippen LogP contribution >= 0.6 is 0 Å². The minimum Gasteiger partial charge on any atom is -0.352 e. The van der Waals surface area contributed by atoms with E-state index >= 15 is 0 Å². The lowest BCUT2D eigenvalue weighted by Crippen LogP contribution is -2.26. The van der Waals surface area contributed by atoms with E-state index in [0.717, 1.165) is 5.56 Å². The van der Waals surface area contributed by atoms with Crippen molar-refractivity contribution >= 4 is 17.5 Å². The number of nitrogens with one attached hydrogen (secondary N) is 2. The second-order valence-electron chi connectivity index (χ2n) is 5.86. The van der Waals surface area contributed by atoms with Gasteiger partial charge in [-0.05, 0) is 36.2 Å². The SMILES string of the molecule is O=C(NCCc1ccccc1)c1ccnc(C(=O)Nc2ccccc2F)c1. The molecule has 1 heterocycles. The molecular weight excluding hydrogens is 345 g/mol. The van der Waals surface area contributed by atoms with Gasteiger partial charge in [0, 0.05) is 18.3 Å². The first-order valence-corrected chi connectivity index (χ1v) is 8.47. The van der Waals surface area contributed by atoms with E-state index in [1.807, 2.05) is 30.3 Å². The van der Waals surface area contributed by atoms with Crippen LogP contribution in [0.3, 0.4) is 0 Å². The zero-order valence-electron chi connectivity index (χ0n) is 14.5. The predicted molar refractivity (Wildman–Crippen MR) is 101 cm³/mol. The van der Waals surface area contributed by atoms with Crippen LogP contribution in [-0.2, 0) is 6.42 Å². The van der Waals surface area contributed by atoms with Gasteiger partial charge in [-0.25, -0.2) is 4.39 Å². The monoisotopic (exact) mass is 363 g/mol. The number of carbonyl (C=O) groups excluding carboxylic acids is 2. The highest BCUT2D eigenvalue weighted by Gasteiger charge is 2.13. The topological polar surface area (TPSA) is 71.1 Å². The number of amides is 2. The van der Waals surface area contributed by atoms with Gasteiger partial charge in [-0.2, -0.15) is 0 Å². The Kier molecular flexibility index (Phi) is 5.89. The van der Waals surface area contributed by atoms with Crippen LogP contribution in [0, 0.1) is 5.82 Å². The lowest BCUT2D eigenvalue weighted by Gasteiger charge is -2.08. The first kappa shape index (κ1) is 18.3. The summed E-state index contributed by atoms with van der Waals surface area (Å²) < 4.78 is 13.7. The number of carbonyl (C=O) groups is 2.